The number of amides is 1. The highest BCUT2D eigenvalue weighted by atomic mass is 127. The summed E-state index contributed by atoms with van der Waals surface area (Å²) in [6.07, 6.45) is 0. The van der Waals surface area contributed by atoms with Gasteiger partial charge in [0.15, 0.2) is 5.58 Å². The lowest BCUT2D eigenvalue weighted by molar-refractivity contribution is 0.102. The summed E-state index contributed by atoms with van der Waals surface area (Å²) >= 11 is 2.19. The van der Waals surface area contributed by atoms with E-state index in [-0.39, 0.29) is 5.91 Å². The van der Waals surface area contributed by atoms with Gasteiger partial charge in [-0.05, 0) is 72.0 Å². The molecule has 0 aliphatic rings. The number of halogens is 1. The molecule has 0 bridgehead atoms. The second kappa shape index (κ2) is 6.92. The van der Waals surface area contributed by atoms with Gasteiger partial charge in [-0.15, -0.1) is 0 Å². The minimum atomic E-state index is -0.152. The fourth-order valence-electron chi connectivity index (χ4n) is 2.74. The van der Waals surface area contributed by atoms with E-state index in [1.165, 1.54) is 0 Å². The Kier molecular flexibility index (Phi) is 4.46. The first kappa shape index (κ1) is 16.8. The van der Waals surface area contributed by atoms with Crippen LogP contribution in [0.15, 0.2) is 71.1 Å². The van der Waals surface area contributed by atoms with Crippen molar-refractivity contribution in [2.75, 3.05) is 5.32 Å². The van der Waals surface area contributed by atoms with Crippen molar-refractivity contribution in [1.29, 1.82) is 0 Å². The second-order valence-corrected chi connectivity index (χ2v) is 7.28. The summed E-state index contributed by atoms with van der Waals surface area (Å²) in [6.45, 7) is 2.03. The molecule has 0 aliphatic heterocycles. The van der Waals surface area contributed by atoms with E-state index >= 15 is 0 Å². The van der Waals surface area contributed by atoms with Crippen molar-refractivity contribution in [3.63, 3.8) is 0 Å². The molecular weight excluding hydrogens is 439 g/mol. The average Bonchev–Trinajstić information content (AvgIpc) is 3.05. The maximum Gasteiger partial charge on any atom is 0.255 e. The van der Waals surface area contributed by atoms with Crippen LogP contribution < -0.4 is 5.32 Å². The maximum absolute atomic E-state index is 12.4. The molecular formula is C21H15IN2O2. The van der Waals surface area contributed by atoms with E-state index < -0.39 is 0 Å². The molecule has 4 nitrogen and oxygen atoms in total. The van der Waals surface area contributed by atoms with Gasteiger partial charge in [-0.25, -0.2) is 4.98 Å². The lowest BCUT2D eigenvalue weighted by atomic mass is 10.1. The van der Waals surface area contributed by atoms with Gasteiger partial charge >= 0.3 is 0 Å². The van der Waals surface area contributed by atoms with Gasteiger partial charge in [-0.3, -0.25) is 4.79 Å². The van der Waals surface area contributed by atoms with Crippen LogP contribution >= 0.6 is 22.6 Å². The van der Waals surface area contributed by atoms with Crippen LogP contribution in [0.4, 0.5) is 5.69 Å². The van der Waals surface area contributed by atoms with Crippen LogP contribution in [0, 0.1) is 10.5 Å². The number of aromatic nitrogens is 1. The third-order valence-electron chi connectivity index (χ3n) is 4.00. The number of hydrogen-bond acceptors (Lipinski definition) is 3. The molecule has 0 saturated carbocycles. The number of carbonyl (C=O) groups is 1. The van der Waals surface area contributed by atoms with Gasteiger partial charge in [0.25, 0.3) is 5.91 Å². The summed E-state index contributed by atoms with van der Waals surface area (Å²) in [4.78, 5) is 16.9. The fraction of sp³-hybridized carbons (Fsp3) is 0.0476. The number of carbonyl (C=O) groups excluding carboxylic acids is 1. The average molecular weight is 454 g/mol. The third kappa shape index (κ3) is 3.48. The molecule has 3 aromatic carbocycles. The molecule has 4 rings (SSSR count). The predicted octanol–water partition coefficient (Wildman–Crippen LogP) is 5.66. The molecule has 4 aromatic rings. The minimum Gasteiger partial charge on any atom is -0.436 e. The normalized spacial score (nSPS) is 10.8. The van der Waals surface area contributed by atoms with Crippen molar-refractivity contribution < 1.29 is 9.21 Å². The highest BCUT2D eigenvalue weighted by Crippen LogP contribution is 2.27. The van der Waals surface area contributed by atoms with Crippen LogP contribution in [-0.2, 0) is 0 Å². The Morgan fingerprint density at radius 1 is 1.04 bits per heavy atom. The summed E-state index contributed by atoms with van der Waals surface area (Å²) in [5, 5.41) is 2.91. The molecule has 0 spiro atoms. The molecule has 1 heterocycles. The maximum atomic E-state index is 12.4. The molecule has 0 radical (unpaired) electrons. The van der Waals surface area contributed by atoms with Crippen molar-refractivity contribution in [2.24, 2.45) is 0 Å². The van der Waals surface area contributed by atoms with Gasteiger partial charge < -0.3 is 9.73 Å². The first-order valence-corrected chi connectivity index (χ1v) is 9.21. The predicted molar refractivity (Wildman–Crippen MR) is 111 cm³/mol. The minimum absolute atomic E-state index is 0.152. The van der Waals surface area contributed by atoms with E-state index in [9.17, 15) is 4.79 Å². The first-order valence-electron chi connectivity index (χ1n) is 8.13. The fourth-order valence-corrected chi connectivity index (χ4v) is 3.28. The van der Waals surface area contributed by atoms with Crippen LogP contribution in [0.1, 0.15) is 15.9 Å². The Hall–Kier alpha value is -2.67. The molecule has 0 aliphatic carbocycles. The third-order valence-corrected chi connectivity index (χ3v) is 4.67. The largest absolute Gasteiger partial charge is 0.436 e. The zero-order chi connectivity index (χ0) is 18.1. The van der Waals surface area contributed by atoms with E-state index in [0.717, 1.165) is 20.2 Å². The summed E-state index contributed by atoms with van der Waals surface area (Å²) in [5.74, 6) is 0.422. The van der Waals surface area contributed by atoms with Gasteiger partial charge in [0.2, 0.25) is 5.89 Å². The topological polar surface area (TPSA) is 55.1 Å². The van der Waals surface area contributed by atoms with Gasteiger partial charge in [0, 0.05) is 26.5 Å². The lowest BCUT2D eigenvalue weighted by Crippen LogP contribution is -2.11. The smallest absolute Gasteiger partial charge is 0.255 e. The molecule has 1 N–H and O–H groups in total. The van der Waals surface area contributed by atoms with E-state index in [1.807, 2.05) is 61.5 Å². The SMILES string of the molecule is Cc1cccc(-c2nc3ccc(NC(=O)c4cccc(I)c4)cc3o2)c1. The molecule has 1 amide bonds. The van der Waals surface area contributed by atoms with Crippen molar-refractivity contribution in [3.05, 3.63) is 81.4 Å². The van der Waals surface area contributed by atoms with Crippen molar-refractivity contribution in [3.8, 4) is 11.5 Å². The number of fused-ring (bicyclic) bond motifs is 1. The monoisotopic (exact) mass is 454 g/mol. The second-order valence-electron chi connectivity index (χ2n) is 6.04. The molecule has 1 aromatic heterocycles. The highest BCUT2D eigenvalue weighted by Gasteiger charge is 2.11. The zero-order valence-electron chi connectivity index (χ0n) is 14.0. The van der Waals surface area contributed by atoms with Gasteiger partial charge in [0.05, 0.1) is 0 Å². The van der Waals surface area contributed by atoms with E-state index in [1.54, 1.807) is 12.1 Å². The Morgan fingerprint density at radius 3 is 2.69 bits per heavy atom. The quantitative estimate of drug-likeness (QED) is 0.407. The van der Waals surface area contributed by atoms with E-state index in [0.29, 0.717) is 22.7 Å². The number of benzene rings is 3. The van der Waals surface area contributed by atoms with Crippen LogP contribution in [0.25, 0.3) is 22.6 Å². The molecule has 0 fully saturated rings. The van der Waals surface area contributed by atoms with E-state index in [4.69, 9.17) is 4.42 Å². The number of oxazole rings is 1. The Bertz CT molecular complexity index is 1120. The molecule has 0 saturated heterocycles. The van der Waals surface area contributed by atoms with Crippen LogP contribution in [-0.4, -0.2) is 10.9 Å². The van der Waals surface area contributed by atoms with Crippen molar-refractivity contribution in [2.45, 2.75) is 6.92 Å². The van der Waals surface area contributed by atoms with Gasteiger partial charge in [-0.2, -0.15) is 0 Å². The lowest BCUT2D eigenvalue weighted by Gasteiger charge is -2.05. The molecule has 0 atom stereocenters. The Labute approximate surface area is 164 Å². The highest BCUT2D eigenvalue weighted by molar-refractivity contribution is 14.1. The van der Waals surface area contributed by atoms with Crippen LogP contribution in [0.3, 0.4) is 0 Å². The summed E-state index contributed by atoms with van der Waals surface area (Å²) < 4.78 is 6.91. The number of rotatable bonds is 3. The molecule has 128 valence electrons. The molecule has 0 unspecified atom stereocenters. The number of anilines is 1. The standard InChI is InChI=1S/C21H15IN2O2/c1-13-4-2-6-15(10-13)21-24-18-9-8-17(12-19(18)26-21)23-20(25)14-5-3-7-16(22)11-14/h2-12H,1H3,(H,23,25). The molecule has 5 heteroatoms. The van der Waals surface area contributed by atoms with Crippen LogP contribution in [0.2, 0.25) is 0 Å². The van der Waals surface area contributed by atoms with Crippen molar-refractivity contribution >= 4 is 45.3 Å². The van der Waals surface area contributed by atoms with Crippen molar-refractivity contribution in [1.82, 2.24) is 4.98 Å². The summed E-state index contributed by atoms with van der Waals surface area (Å²) in [5.41, 5.74) is 4.78. The summed E-state index contributed by atoms with van der Waals surface area (Å²) in [6, 6.07) is 20.9. The van der Waals surface area contributed by atoms with Gasteiger partial charge in [0.1, 0.15) is 5.52 Å². The van der Waals surface area contributed by atoms with Crippen LogP contribution in [0.5, 0.6) is 0 Å². The number of nitrogens with zero attached hydrogens (tertiary/aromatic N) is 1. The van der Waals surface area contributed by atoms with E-state index in [2.05, 4.69) is 32.9 Å². The van der Waals surface area contributed by atoms with Gasteiger partial charge in [-0.1, -0.05) is 23.8 Å². The summed E-state index contributed by atoms with van der Waals surface area (Å²) in [7, 11) is 0. The number of hydrogen-bond donors (Lipinski definition) is 1. The Balaban J connectivity index is 1.62. The molecule has 26 heavy (non-hydrogen) atoms. The zero-order valence-corrected chi connectivity index (χ0v) is 16.2. The Morgan fingerprint density at radius 2 is 1.88 bits per heavy atom. The number of nitrogens with one attached hydrogen (secondary N) is 1. The first-order chi connectivity index (χ1) is 12.6. The number of aryl methyl sites for hydroxylation is 1.